The third kappa shape index (κ3) is 5.15. The Hall–Kier alpha value is -2.86. The summed E-state index contributed by atoms with van der Waals surface area (Å²) in [4.78, 5) is 21.1. The van der Waals surface area contributed by atoms with E-state index in [0.717, 1.165) is 30.5 Å². The number of carbonyl (C=O) groups excluding carboxylic acids is 1. The van der Waals surface area contributed by atoms with Gasteiger partial charge in [0, 0.05) is 0 Å². The summed E-state index contributed by atoms with van der Waals surface area (Å²) in [6.07, 6.45) is 6.98. The van der Waals surface area contributed by atoms with E-state index in [2.05, 4.69) is 27.5 Å². The Labute approximate surface area is 220 Å². The first-order valence-electron chi connectivity index (χ1n) is 12.0. The van der Waals surface area contributed by atoms with E-state index in [-0.39, 0.29) is 15.7 Å². The van der Waals surface area contributed by atoms with Crippen molar-refractivity contribution in [3.8, 4) is 22.8 Å². The second-order valence-corrected chi connectivity index (χ2v) is 11.6. The Balaban J connectivity index is 1.62. The number of nitrogens with zero attached hydrogens (tertiary/aromatic N) is 1. The van der Waals surface area contributed by atoms with Gasteiger partial charge >= 0.3 is 221 Å². The minimum absolute atomic E-state index is 0.0367. The van der Waals surface area contributed by atoms with E-state index < -0.39 is 27.4 Å². The molecule has 2 aliphatic rings. The molecule has 36 heavy (non-hydrogen) atoms. The Morgan fingerprint density at radius 1 is 1.25 bits per heavy atom. The van der Waals surface area contributed by atoms with Crippen LogP contribution in [0.1, 0.15) is 42.2 Å². The van der Waals surface area contributed by atoms with Gasteiger partial charge in [-0.3, -0.25) is 0 Å². The molecule has 0 saturated heterocycles. The molecule has 0 aliphatic carbocycles. The number of carbonyl (C=O) groups is 1. The van der Waals surface area contributed by atoms with E-state index in [4.69, 9.17) is 12.5 Å². The van der Waals surface area contributed by atoms with Crippen molar-refractivity contribution in [3.63, 3.8) is 0 Å². The van der Waals surface area contributed by atoms with Gasteiger partial charge in [-0.15, -0.1) is 0 Å². The van der Waals surface area contributed by atoms with E-state index in [1.54, 1.807) is 24.5 Å². The van der Waals surface area contributed by atoms with Gasteiger partial charge in [-0.1, -0.05) is 0 Å². The van der Waals surface area contributed by atoms with Gasteiger partial charge in [0.25, 0.3) is 0 Å². The van der Waals surface area contributed by atoms with Gasteiger partial charge in [-0.25, -0.2) is 0 Å². The van der Waals surface area contributed by atoms with E-state index in [0.29, 0.717) is 53.9 Å². The first kappa shape index (κ1) is 24.8. The van der Waals surface area contributed by atoms with Crippen LogP contribution in [0.15, 0.2) is 36.7 Å². The summed E-state index contributed by atoms with van der Waals surface area (Å²) in [5.74, 6) is 0.516. The molecule has 0 radical (unpaired) electrons. The summed E-state index contributed by atoms with van der Waals surface area (Å²) in [6, 6.07) is 6.51. The van der Waals surface area contributed by atoms with Crippen molar-refractivity contribution in [1.82, 2.24) is 15.3 Å². The number of rotatable bonds is 3. The van der Waals surface area contributed by atoms with Gasteiger partial charge in [0.1, 0.15) is 0 Å². The number of benzene rings is 1. The summed E-state index contributed by atoms with van der Waals surface area (Å²) in [6.45, 7) is 3.48. The molecule has 5 rings (SSSR count). The van der Waals surface area contributed by atoms with E-state index in [9.17, 15) is 9.18 Å². The molecular formula is C26H29FIN4O4-. The summed E-state index contributed by atoms with van der Waals surface area (Å²) in [7, 11) is 1.42. The molecule has 3 aromatic rings. The molecule has 2 atom stereocenters. The first-order valence-corrected chi connectivity index (χ1v) is 14.2. The average Bonchev–Trinajstić information content (AvgIpc) is 3.22. The fourth-order valence-electron chi connectivity index (χ4n) is 4.55. The van der Waals surface area contributed by atoms with E-state index in [1.807, 2.05) is 6.07 Å². The van der Waals surface area contributed by atoms with Crippen LogP contribution in [0.25, 0.3) is 11.3 Å². The summed E-state index contributed by atoms with van der Waals surface area (Å²) in [5.41, 5.74) is 3.71. The van der Waals surface area contributed by atoms with E-state index >= 15 is 0 Å². The molecule has 2 aliphatic heterocycles. The van der Waals surface area contributed by atoms with Crippen LogP contribution in [-0.4, -0.2) is 40.2 Å². The molecule has 1 amide bonds. The maximum atomic E-state index is 14.5. The molecule has 3 bridgehead atoms. The number of para-hydroxylation sites is 1. The molecule has 3 N–H and O–H groups in total. The summed E-state index contributed by atoms with van der Waals surface area (Å²) < 4.78 is 31.9. The Morgan fingerprint density at radius 3 is 3.00 bits per heavy atom. The van der Waals surface area contributed by atoms with Gasteiger partial charge in [0.2, 0.25) is 0 Å². The molecule has 192 valence electrons. The van der Waals surface area contributed by atoms with Gasteiger partial charge < -0.3 is 0 Å². The van der Waals surface area contributed by atoms with Crippen LogP contribution in [0.4, 0.5) is 15.8 Å². The molecule has 0 fully saturated rings. The van der Waals surface area contributed by atoms with Gasteiger partial charge in [0.05, 0.1) is 0 Å². The molecule has 2 aromatic heterocycles. The van der Waals surface area contributed by atoms with Crippen molar-refractivity contribution in [2.75, 3.05) is 25.6 Å². The molecule has 8 nitrogen and oxygen atoms in total. The van der Waals surface area contributed by atoms with Gasteiger partial charge in [-0.05, 0) is 0 Å². The molecule has 0 spiro atoms. The van der Waals surface area contributed by atoms with Gasteiger partial charge in [-0.2, -0.15) is 0 Å². The van der Waals surface area contributed by atoms with Crippen LogP contribution in [0.2, 0.25) is 0 Å². The summed E-state index contributed by atoms with van der Waals surface area (Å²) in [5, 5.41) is 6.40. The number of amides is 1. The number of nitrogens with one attached hydrogen (secondary N) is 3. The average molecular weight is 607 g/mol. The molecule has 2 unspecified atom stereocenters. The van der Waals surface area contributed by atoms with Crippen LogP contribution in [0.5, 0.6) is 11.5 Å². The standard InChI is InChI=1S/C26H29FIN4O4/c1-15-5-4-11-36-28-21-13-19-22(26(33)32-21)24(30-18-7-3-6-17(27)25(18)34-2)23(31-19)16-8-10-29-14-20(16)35-12-9-15/h3,6-8,10,14-15,21,30-31H,4-5,9,11-13H2,1-2H3,(H,32,33)/q-1. The molecule has 10 heteroatoms. The van der Waals surface area contributed by atoms with Crippen molar-refractivity contribution in [3.05, 3.63) is 53.7 Å². The zero-order chi connectivity index (χ0) is 25.1. The predicted molar refractivity (Wildman–Crippen MR) is 130 cm³/mol. The fraction of sp³-hybridized carbons (Fsp3) is 0.385. The molecule has 4 heterocycles. The van der Waals surface area contributed by atoms with Crippen molar-refractivity contribution in [2.45, 2.75) is 36.7 Å². The minimum atomic E-state index is -0.673. The SMILES string of the molecule is COc1c(F)cccc1Nc1c2[nH]c3c1C(=O)NC(C3)[I-]OCCCC(C)CCOc1cnccc1-2. The zero-order valence-corrected chi connectivity index (χ0v) is 22.4. The Morgan fingerprint density at radius 2 is 2.14 bits per heavy atom. The van der Waals surface area contributed by atoms with Crippen molar-refractivity contribution in [2.24, 2.45) is 5.92 Å². The maximum absolute atomic E-state index is 14.5. The zero-order valence-electron chi connectivity index (χ0n) is 20.2. The topological polar surface area (TPSA) is 97.5 Å². The number of hydrogen-bond donors (Lipinski definition) is 3. The normalized spacial score (nSPS) is 20.5. The number of methoxy groups -OCH3 is 1. The first-order chi connectivity index (χ1) is 17.5. The van der Waals surface area contributed by atoms with Crippen molar-refractivity contribution in [1.29, 1.82) is 0 Å². The molecular weight excluding hydrogens is 578 g/mol. The Bertz CT molecular complexity index is 1250. The third-order valence-electron chi connectivity index (χ3n) is 6.42. The van der Waals surface area contributed by atoms with Crippen LogP contribution in [0.3, 0.4) is 0 Å². The number of aromatic nitrogens is 2. The van der Waals surface area contributed by atoms with Crippen LogP contribution in [-0.2, 0) is 9.49 Å². The second kappa shape index (κ2) is 11.0. The van der Waals surface area contributed by atoms with Crippen LogP contribution in [0, 0.1) is 11.7 Å². The number of halogens is 2. The van der Waals surface area contributed by atoms with E-state index in [1.165, 1.54) is 13.2 Å². The number of H-pyrrole nitrogens is 1. The second-order valence-electron chi connectivity index (χ2n) is 8.98. The number of anilines is 2. The number of hydrogen-bond acceptors (Lipinski definition) is 6. The molecule has 1 aromatic carbocycles. The van der Waals surface area contributed by atoms with Crippen molar-refractivity contribution >= 4 is 17.3 Å². The monoisotopic (exact) mass is 607 g/mol. The number of alkyl halides is 1. The van der Waals surface area contributed by atoms with Crippen LogP contribution < -0.4 is 41.7 Å². The third-order valence-corrected chi connectivity index (χ3v) is 8.58. The summed E-state index contributed by atoms with van der Waals surface area (Å²) >= 11 is -0.673. The fourth-order valence-corrected chi connectivity index (χ4v) is 6.58. The molecule has 0 saturated carbocycles. The van der Waals surface area contributed by atoms with Crippen molar-refractivity contribution < 1.29 is 43.3 Å². The van der Waals surface area contributed by atoms with Gasteiger partial charge in [0.15, 0.2) is 0 Å². The number of aromatic amines is 1. The number of pyridine rings is 1. The number of ether oxygens (including phenoxy) is 2. The van der Waals surface area contributed by atoms with Crippen LogP contribution >= 0.6 is 0 Å². The Kier molecular flexibility index (Phi) is 7.61. The quantitative estimate of drug-likeness (QED) is 0.239. The predicted octanol–water partition coefficient (Wildman–Crippen LogP) is 1.80. The number of fused-ring (bicyclic) bond motifs is 4.